The summed E-state index contributed by atoms with van der Waals surface area (Å²) in [4.78, 5) is 22.0. The number of likely N-dealkylation sites (N-methyl/N-ethyl adjacent to an activating group) is 1. The van der Waals surface area contributed by atoms with Crippen LogP contribution in [0.5, 0.6) is 0 Å². The largest absolute Gasteiger partial charge is 0.356 e. The van der Waals surface area contributed by atoms with Crippen molar-refractivity contribution in [2.75, 3.05) is 26.0 Å². The number of fused-ring (bicyclic) bond motifs is 2. The highest BCUT2D eigenvalue weighted by atomic mass is 19.1. The first-order chi connectivity index (χ1) is 19.3. The van der Waals surface area contributed by atoms with E-state index >= 15 is 0 Å². The molecule has 6 rings (SSSR count). The van der Waals surface area contributed by atoms with Crippen LogP contribution in [0.4, 0.5) is 10.1 Å². The number of aromatic amines is 2. The highest BCUT2D eigenvalue weighted by molar-refractivity contribution is 5.97. The van der Waals surface area contributed by atoms with Crippen molar-refractivity contribution in [2.24, 2.45) is 0 Å². The third-order valence-corrected chi connectivity index (χ3v) is 6.95. The van der Waals surface area contributed by atoms with E-state index in [0.29, 0.717) is 12.2 Å². The summed E-state index contributed by atoms with van der Waals surface area (Å²) in [5.74, 6) is -0.359. The fourth-order valence-corrected chi connectivity index (χ4v) is 5.12. The van der Waals surface area contributed by atoms with Gasteiger partial charge in [-0.05, 0) is 74.1 Å². The number of carbonyl (C=O) groups excluding carboxylic acids is 1. The zero-order valence-electron chi connectivity index (χ0n) is 22.5. The van der Waals surface area contributed by atoms with Gasteiger partial charge in [0.05, 0.1) is 29.6 Å². The molecule has 0 unspecified atom stereocenters. The number of amides is 1. The van der Waals surface area contributed by atoms with E-state index in [1.165, 1.54) is 11.6 Å². The van der Waals surface area contributed by atoms with E-state index in [4.69, 9.17) is 0 Å². The molecule has 1 aliphatic rings. The Bertz CT molecular complexity index is 1810. The van der Waals surface area contributed by atoms with Crippen molar-refractivity contribution in [1.82, 2.24) is 25.1 Å². The summed E-state index contributed by atoms with van der Waals surface area (Å²) >= 11 is 0. The van der Waals surface area contributed by atoms with Crippen LogP contribution in [0.15, 0.2) is 84.7 Å². The number of carbonyl (C=O) groups is 1. The molecule has 0 bridgehead atoms. The molecule has 0 saturated carbocycles. The second kappa shape index (κ2) is 10.4. The number of pyridine rings is 1. The van der Waals surface area contributed by atoms with Crippen molar-refractivity contribution in [2.45, 2.75) is 13.3 Å². The predicted octanol–water partition coefficient (Wildman–Crippen LogP) is 6.19. The van der Waals surface area contributed by atoms with Gasteiger partial charge in [0.2, 0.25) is 5.91 Å². The standard InChI is InChI=1S/C32H29FN6O/c1-19-7-9-25(21-5-4-6-23(33)12-21)26-15-30(36-29(26)11-19)32-27-14-20(8-10-28(27)37-38-32)22-13-24(17-34-16-22)35-31(40)18-39(2)3/h4-10,12-17,36H,11,18H2,1-3H3,(H,35,40)(H,37,38). The average molecular weight is 533 g/mol. The molecule has 0 fully saturated rings. The number of benzene rings is 2. The monoisotopic (exact) mass is 532 g/mol. The van der Waals surface area contributed by atoms with E-state index < -0.39 is 0 Å². The van der Waals surface area contributed by atoms with Crippen LogP contribution in [0.2, 0.25) is 0 Å². The van der Waals surface area contributed by atoms with Gasteiger partial charge in [0.15, 0.2) is 0 Å². The van der Waals surface area contributed by atoms with Crippen LogP contribution in [0.3, 0.4) is 0 Å². The number of H-pyrrole nitrogens is 2. The van der Waals surface area contributed by atoms with Crippen LogP contribution in [0.1, 0.15) is 23.7 Å². The van der Waals surface area contributed by atoms with Crippen molar-refractivity contribution < 1.29 is 9.18 Å². The second-order valence-electron chi connectivity index (χ2n) is 10.4. The summed E-state index contributed by atoms with van der Waals surface area (Å²) in [6, 6.07) is 16.8. The predicted molar refractivity (Wildman–Crippen MR) is 157 cm³/mol. The van der Waals surface area contributed by atoms with Gasteiger partial charge in [0.1, 0.15) is 11.5 Å². The molecule has 40 heavy (non-hydrogen) atoms. The minimum Gasteiger partial charge on any atom is -0.356 e. The van der Waals surface area contributed by atoms with Crippen molar-refractivity contribution in [3.63, 3.8) is 0 Å². The first-order valence-electron chi connectivity index (χ1n) is 13.1. The van der Waals surface area contributed by atoms with E-state index in [0.717, 1.165) is 62.2 Å². The van der Waals surface area contributed by atoms with Crippen molar-refractivity contribution in [1.29, 1.82) is 0 Å². The lowest BCUT2D eigenvalue weighted by Gasteiger charge is -2.11. The summed E-state index contributed by atoms with van der Waals surface area (Å²) in [6.45, 7) is 2.39. The van der Waals surface area contributed by atoms with E-state index in [1.54, 1.807) is 24.5 Å². The topological polar surface area (TPSA) is 89.7 Å². The molecule has 8 heteroatoms. The Kier molecular flexibility index (Phi) is 6.61. The molecule has 0 atom stereocenters. The number of allylic oxidation sites excluding steroid dienone is 3. The number of halogens is 1. The molecule has 1 amide bonds. The van der Waals surface area contributed by atoms with Crippen molar-refractivity contribution in [3.05, 3.63) is 107 Å². The Morgan fingerprint density at radius 2 is 1.90 bits per heavy atom. The molecule has 200 valence electrons. The minimum absolute atomic E-state index is 0.0974. The van der Waals surface area contributed by atoms with E-state index in [2.05, 4.69) is 56.7 Å². The average Bonchev–Trinajstić information content (AvgIpc) is 3.48. The number of rotatable bonds is 6. The SMILES string of the molecule is CC1=CC=C(c2cccc(F)c2)c2cc(-c3n[nH]c4ccc(-c5cncc(NC(=O)CN(C)C)c5)cc34)[nH]c2C1. The summed E-state index contributed by atoms with van der Waals surface area (Å²) < 4.78 is 14.1. The molecule has 1 aliphatic carbocycles. The number of nitrogens with one attached hydrogen (secondary N) is 3. The Morgan fingerprint density at radius 1 is 1.02 bits per heavy atom. The molecular formula is C32H29FN6O. The molecule has 7 nitrogen and oxygen atoms in total. The summed E-state index contributed by atoms with van der Waals surface area (Å²) in [7, 11) is 3.70. The van der Waals surface area contributed by atoms with Gasteiger partial charge in [0.25, 0.3) is 0 Å². The van der Waals surface area contributed by atoms with Crippen LogP contribution >= 0.6 is 0 Å². The second-order valence-corrected chi connectivity index (χ2v) is 10.4. The maximum atomic E-state index is 14.1. The fourth-order valence-electron chi connectivity index (χ4n) is 5.12. The maximum Gasteiger partial charge on any atom is 0.238 e. The Morgan fingerprint density at radius 3 is 2.73 bits per heavy atom. The van der Waals surface area contributed by atoms with Crippen LogP contribution in [-0.4, -0.2) is 51.6 Å². The van der Waals surface area contributed by atoms with E-state index in [9.17, 15) is 9.18 Å². The Hall–Kier alpha value is -4.82. The third-order valence-electron chi connectivity index (χ3n) is 6.95. The Labute approximate surface area is 231 Å². The zero-order valence-corrected chi connectivity index (χ0v) is 22.5. The summed E-state index contributed by atoms with van der Waals surface area (Å²) in [5, 5.41) is 11.7. The Balaban J connectivity index is 1.37. The number of hydrogen-bond acceptors (Lipinski definition) is 4. The molecule has 3 heterocycles. The molecule has 3 aromatic heterocycles. The van der Waals surface area contributed by atoms with Crippen molar-refractivity contribution >= 4 is 28.1 Å². The van der Waals surface area contributed by atoms with Crippen LogP contribution in [-0.2, 0) is 11.2 Å². The van der Waals surface area contributed by atoms with Gasteiger partial charge < -0.3 is 15.2 Å². The molecule has 0 radical (unpaired) electrons. The molecular weight excluding hydrogens is 503 g/mol. The molecule has 0 aliphatic heterocycles. The van der Waals surface area contributed by atoms with E-state index in [1.807, 2.05) is 43.3 Å². The number of nitrogens with zero attached hydrogens (tertiary/aromatic N) is 3. The number of aromatic nitrogens is 4. The highest BCUT2D eigenvalue weighted by Gasteiger charge is 2.20. The van der Waals surface area contributed by atoms with Crippen LogP contribution in [0.25, 0.3) is 39.0 Å². The molecule has 0 saturated heterocycles. The first-order valence-corrected chi connectivity index (χ1v) is 13.1. The number of hydrogen-bond donors (Lipinski definition) is 3. The van der Waals surface area contributed by atoms with E-state index in [-0.39, 0.29) is 11.7 Å². The number of anilines is 1. The van der Waals surface area contributed by atoms with Gasteiger partial charge in [-0.15, -0.1) is 0 Å². The first kappa shape index (κ1) is 25.5. The zero-order chi connectivity index (χ0) is 27.8. The molecule has 2 aromatic carbocycles. The van der Waals surface area contributed by atoms with Crippen LogP contribution < -0.4 is 5.32 Å². The van der Waals surface area contributed by atoms with Crippen molar-refractivity contribution in [3.8, 4) is 22.5 Å². The highest BCUT2D eigenvalue weighted by Crippen LogP contribution is 2.36. The van der Waals surface area contributed by atoms with Gasteiger partial charge in [-0.1, -0.05) is 35.9 Å². The normalized spacial score (nSPS) is 13.1. The summed E-state index contributed by atoms with van der Waals surface area (Å²) in [6.07, 6.45) is 8.34. The third kappa shape index (κ3) is 5.09. The van der Waals surface area contributed by atoms with Gasteiger partial charge >= 0.3 is 0 Å². The van der Waals surface area contributed by atoms with Gasteiger partial charge in [-0.2, -0.15) is 5.10 Å². The lowest BCUT2D eigenvalue weighted by atomic mass is 9.97. The van der Waals surface area contributed by atoms with Gasteiger partial charge in [-0.3, -0.25) is 14.9 Å². The summed E-state index contributed by atoms with van der Waals surface area (Å²) in [5.41, 5.74) is 10.2. The molecule has 5 aromatic rings. The van der Waals surface area contributed by atoms with Gasteiger partial charge in [-0.25, -0.2) is 4.39 Å². The smallest absolute Gasteiger partial charge is 0.238 e. The lowest BCUT2D eigenvalue weighted by Crippen LogP contribution is -2.27. The van der Waals surface area contributed by atoms with Crippen LogP contribution in [0, 0.1) is 5.82 Å². The fraction of sp³-hybridized carbons (Fsp3) is 0.156. The van der Waals surface area contributed by atoms with Gasteiger partial charge in [0, 0.05) is 34.8 Å². The quantitative estimate of drug-likeness (QED) is 0.243. The molecule has 3 N–H and O–H groups in total. The minimum atomic E-state index is -0.262. The molecule has 0 spiro atoms. The maximum absolute atomic E-state index is 14.1. The lowest BCUT2D eigenvalue weighted by molar-refractivity contribution is -0.116.